The second kappa shape index (κ2) is 4.58. The first kappa shape index (κ1) is 11.9. The van der Waals surface area contributed by atoms with Crippen LogP contribution in [0.1, 0.15) is 18.0 Å². The summed E-state index contributed by atoms with van der Waals surface area (Å²) in [6, 6.07) is 3.50. The van der Waals surface area contributed by atoms with Crippen molar-refractivity contribution in [2.75, 3.05) is 6.54 Å². The Morgan fingerprint density at radius 3 is 2.50 bits per heavy atom. The number of benzene rings is 1. The van der Waals surface area contributed by atoms with Crippen LogP contribution in [0, 0.1) is 0 Å². The summed E-state index contributed by atoms with van der Waals surface area (Å²) >= 11 is 11.6. The fourth-order valence-corrected chi connectivity index (χ4v) is 1.91. The van der Waals surface area contributed by atoms with Crippen LogP contribution in [0.25, 0.3) is 0 Å². The molecule has 78 valence electrons. The normalized spacial score (nSPS) is 19.7. The van der Waals surface area contributed by atoms with Gasteiger partial charge in [-0.15, -0.1) is 12.4 Å². The van der Waals surface area contributed by atoms with Gasteiger partial charge in [0.1, 0.15) is 5.75 Å². The summed E-state index contributed by atoms with van der Waals surface area (Å²) in [7, 11) is 0. The zero-order valence-electron chi connectivity index (χ0n) is 7.26. The molecule has 1 atom stereocenters. The summed E-state index contributed by atoms with van der Waals surface area (Å²) in [6.07, 6.45) is 1.02. The largest absolute Gasteiger partial charge is 0.506 e. The predicted octanol–water partition coefficient (Wildman–Crippen LogP) is 3.16. The molecular weight excluding hydrogens is 244 g/mol. The Kier molecular flexibility index (Phi) is 3.90. The minimum absolute atomic E-state index is 0. The summed E-state index contributed by atoms with van der Waals surface area (Å²) in [6.45, 7) is 0.980. The van der Waals surface area contributed by atoms with Crippen molar-refractivity contribution in [1.29, 1.82) is 0 Å². The Hall–Kier alpha value is -0.150. The molecule has 0 spiro atoms. The number of rotatable bonds is 1. The highest BCUT2D eigenvalue weighted by Crippen LogP contribution is 2.37. The van der Waals surface area contributed by atoms with Crippen molar-refractivity contribution in [3.63, 3.8) is 0 Å². The highest BCUT2D eigenvalue weighted by atomic mass is 35.5. The summed E-state index contributed by atoms with van der Waals surface area (Å²) in [5, 5.41) is 13.7. The van der Waals surface area contributed by atoms with E-state index in [-0.39, 0.29) is 24.2 Å². The Labute approximate surface area is 98.6 Å². The van der Waals surface area contributed by atoms with Gasteiger partial charge in [0.2, 0.25) is 0 Å². The van der Waals surface area contributed by atoms with Gasteiger partial charge in [-0.1, -0.05) is 23.2 Å². The first-order valence-corrected chi connectivity index (χ1v) is 4.85. The molecule has 1 saturated heterocycles. The number of halogens is 3. The monoisotopic (exact) mass is 253 g/mol. The summed E-state index contributed by atoms with van der Waals surface area (Å²) < 4.78 is 0. The van der Waals surface area contributed by atoms with E-state index >= 15 is 0 Å². The van der Waals surface area contributed by atoms with Gasteiger partial charge in [-0.2, -0.15) is 0 Å². The van der Waals surface area contributed by atoms with Gasteiger partial charge in [0.25, 0.3) is 0 Å². The number of phenolic OH excluding ortho intramolecular Hbond substituents is 1. The van der Waals surface area contributed by atoms with Crippen molar-refractivity contribution < 1.29 is 5.11 Å². The molecule has 1 aromatic carbocycles. The molecular formula is C9H10Cl3NO. The van der Waals surface area contributed by atoms with Gasteiger partial charge in [-0.3, -0.25) is 0 Å². The van der Waals surface area contributed by atoms with Crippen LogP contribution in [0.2, 0.25) is 10.0 Å². The van der Waals surface area contributed by atoms with Crippen LogP contribution in [0.4, 0.5) is 0 Å². The third kappa shape index (κ3) is 2.09. The van der Waals surface area contributed by atoms with Gasteiger partial charge in [-0.05, 0) is 25.1 Å². The number of nitrogens with one attached hydrogen (secondary N) is 1. The van der Waals surface area contributed by atoms with E-state index < -0.39 is 0 Å². The van der Waals surface area contributed by atoms with E-state index in [0.29, 0.717) is 10.0 Å². The van der Waals surface area contributed by atoms with Gasteiger partial charge in [0.05, 0.1) is 5.02 Å². The van der Waals surface area contributed by atoms with E-state index in [1.807, 2.05) is 0 Å². The van der Waals surface area contributed by atoms with Gasteiger partial charge >= 0.3 is 0 Å². The van der Waals surface area contributed by atoms with Crippen molar-refractivity contribution in [2.45, 2.75) is 12.5 Å². The van der Waals surface area contributed by atoms with Crippen LogP contribution in [0.15, 0.2) is 12.1 Å². The average Bonchev–Trinajstić information content (AvgIpc) is 1.95. The molecule has 0 saturated carbocycles. The van der Waals surface area contributed by atoms with Crippen LogP contribution in [-0.4, -0.2) is 11.7 Å². The highest BCUT2D eigenvalue weighted by molar-refractivity contribution is 6.35. The maximum Gasteiger partial charge on any atom is 0.139 e. The zero-order chi connectivity index (χ0) is 9.42. The van der Waals surface area contributed by atoms with Gasteiger partial charge < -0.3 is 10.4 Å². The second-order valence-corrected chi connectivity index (χ2v) is 3.96. The molecule has 0 radical (unpaired) electrons. The lowest BCUT2D eigenvalue weighted by molar-refractivity contribution is 0.364. The van der Waals surface area contributed by atoms with E-state index in [1.165, 1.54) is 0 Å². The zero-order valence-corrected chi connectivity index (χ0v) is 9.59. The fraction of sp³-hybridized carbons (Fsp3) is 0.333. The Balaban J connectivity index is 0.000000980. The first-order valence-electron chi connectivity index (χ1n) is 4.10. The molecule has 2 nitrogen and oxygen atoms in total. The van der Waals surface area contributed by atoms with Gasteiger partial charge in [0, 0.05) is 16.6 Å². The van der Waals surface area contributed by atoms with Crippen molar-refractivity contribution in [3.05, 3.63) is 27.7 Å². The third-order valence-electron chi connectivity index (χ3n) is 2.26. The molecule has 0 unspecified atom stereocenters. The van der Waals surface area contributed by atoms with Crippen LogP contribution in [-0.2, 0) is 0 Å². The smallest absolute Gasteiger partial charge is 0.139 e. The van der Waals surface area contributed by atoms with Crippen molar-refractivity contribution in [2.24, 2.45) is 0 Å². The fourth-order valence-electron chi connectivity index (χ4n) is 1.41. The molecule has 5 heteroatoms. The standard InChI is InChI=1S/C9H9Cl2NO.ClH/c10-5-3-6(8-1-2-12-8)9(13)7(11)4-5;/h3-4,8,12-13H,1-2H2;1H/t8-;/m1./s1. The topological polar surface area (TPSA) is 32.3 Å². The molecule has 1 fully saturated rings. The predicted molar refractivity (Wildman–Crippen MR) is 60.7 cm³/mol. The molecule has 14 heavy (non-hydrogen) atoms. The maximum absolute atomic E-state index is 9.63. The number of hydrogen-bond donors (Lipinski definition) is 2. The molecule has 1 aliphatic heterocycles. The van der Waals surface area contributed by atoms with Gasteiger partial charge in [-0.25, -0.2) is 0 Å². The summed E-state index contributed by atoms with van der Waals surface area (Å²) in [4.78, 5) is 0. The number of aromatic hydroxyl groups is 1. The molecule has 1 aromatic rings. The lowest BCUT2D eigenvalue weighted by Gasteiger charge is -2.28. The van der Waals surface area contributed by atoms with E-state index in [9.17, 15) is 5.11 Å². The van der Waals surface area contributed by atoms with Crippen molar-refractivity contribution in [1.82, 2.24) is 5.32 Å². The van der Waals surface area contributed by atoms with Crippen LogP contribution < -0.4 is 5.32 Å². The number of phenols is 1. The number of hydrogen-bond acceptors (Lipinski definition) is 2. The molecule has 0 amide bonds. The molecule has 0 bridgehead atoms. The van der Waals surface area contributed by atoms with E-state index in [0.717, 1.165) is 18.5 Å². The Morgan fingerprint density at radius 2 is 2.00 bits per heavy atom. The van der Waals surface area contributed by atoms with E-state index in [4.69, 9.17) is 23.2 Å². The lowest BCUT2D eigenvalue weighted by atomic mass is 9.97. The first-order chi connectivity index (χ1) is 6.18. The summed E-state index contributed by atoms with van der Waals surface area (Å²) in [5.41, 5.74) is 0.795. The Bertz CT molecular complexity index is 339. The summed E-state index contributed by atoms with van der Waals surface area (Å²) in [5.74, 6) is 0.142. The molecule has 2 N–H and O–H groups in total. The third-order valence-corrected chi connectivity index (χ3v) is 2.76. The average molecular weight is 255 g/mol. The molecule has 1 aliphatic rings. The van der Waals surface area contributed by atoms with Crippen LogP contribution >= 0.6 is 35.6 Å². The van der Waals surface area contributed by atoms with E-state index in [1.54, 1.807) is 12.1 Å². The van der Waals surface area contributed by atoms with Crippen LogP contribution in [0.3, 0.4) is 0 Å². The van der Waals surface area contributed by atoms with Crippen LogP contribution in [0.5, 0.6) is 5.75 Å². The maximum atomic E-state index is 9.63. The quantitative estimate of drug-likeness (QED) is 0.807. The second-order valence-electron chi connectivity index (χ2n) is 3.12. The van der Waals surface area contributed by atoms with Crippen molar-refractivity contribution in [3.8, 4) is 5.75 Å². The van der Waals surface area contributed by atoms with Gasteiger partial charge in [0.15, 0.2) is 0 Å². The Morgan fingerprint density at radius 1 is 1.36 bits per heavy atom. The molecule has 1 heterocycles. The molecule has 2 rings (SSSR count). The minimum atomic E-state index is 0. The van der Waals surface area contributed by atoms with E-state index in [2.05, 4.69) is 5.32 Å². The molecule has 0 aromatic heterocycles. The minimum Gasteiger partial charge on any atom is -0.506 e. The molecule has 0 aliphatic carbocycles. The van der Waals surface area contributed by atoms with Crippen molar-refractivity contribution >= 4 is 35.6 Å². The highest BCUT2D eigenvalue weighted by Gasteiger charge is 2.23. The SMILES string of the molecule is Cl.Oc1c(Cl)cc(Cl)cc1[C@H]1CCN1. The lowest BCUT2D eigenvalue weighted by Crippen LogP contribution is -2.34.